The van der Waals surface area contributed by atoms with Crippen molar-refractivity contribution < 1.29 is 18.0 Å². The van der Waals surface area contributed by atoms with Crippen LogP contribution in [0.4, 0.5) is 5.69 Å². The van der Waals surface area contributed by atoms with Gasteiger partial charge in [0.1, 0.15) is 12.6 Å². The topological polar surface area (TPSA) is 86.8 Å². The average Bonchev–Trinajstić information content (AvgIpc) is 2.85. The fourth-order valence-electron chi connectivity index (χ4n) is 4.61. The van der Waals surface area contributed by atoms with Crippen LogP contribution in [0.25, 0.3) is 0 Å². The fraction of sp³-hybridized carbons (Fsp3) is 0.481. The highest BCUT2D eigenvalue weighted by Crippen LogP contribution is 2.29. The van der Waals surface area contributed by atoms with E-state index in [4.69, 9.17) is 23.2 Å². The molecule has 0 spiro atoms. The molecule has 0 aliphatic heterocycles. The summed E-state index contributed by atoms with van der Waals surface area (Å²) in [5.41, 5.74) is 2.15. The first kappa shape index (κ1) is 29.3. The minimum Gasteiger partial charge on any atom is -0.352 e. The summed E-state index contributed by atoms with van der Waals surface area (Å²) in [7, 11) is -3.85. The molecule has 1 unspecified atom stereocenters. The van der Waals surface area contributed by atoms with E-state index >= 15 is 0 Å². The summed E-state index contributed by atoms with van der Waals surface area (Å²) in [4.78, 5) is 28.7. The maximum absolute atomic E-state index is 13.8. The molecule has 1 saturated carbocycles. The van der Waals surface area contributed by atoms with Crippen molar-refractivity contribution in [1.82, 2.24) is 10.2 Å². The predicted octanol–water partition coefficient (Wildman–Crippen LogP) is 5.32. The zero-order valence-electron chi connectivity index (χ0n) is 21.5. The summed E-state index contributed by atoms with van der Waals surface area (Å²) in [6.45, 7) is 3.53. The first-order valence-electron chi connectivity index (χ1n) is 12.6. The number of halogens is 2. The van der Waals surface area contributed by atoms with E-state index in [1.165, 1.54) is 23.1 Å². The molecule has 0 aromatic heterocycles. The summed E-state index contributed by atoms with van der Waals surface area (Å²) in [5, 5.41) is 3.58. The van der Waals surface area contributed by atoms with Gasteiger partial charge in [0.25, 0.3) is 0 Å². The van der Waals surface area contributed by atoms with Gasteiger partial charge < -0.3 is 10.2 Å². The maximum atomic E-state index is 13.8. The lowest BCUT2D eigenvalue weighted by Gasteiger charge is -2.34. The number of nitrogens with zero attached hydrogens (tertiary/aromatic N) is 2. The Morgan fingerprint density at radius 2 is 1.68 bits per heavy atom. The Hall–Kier alpha value is -2.29. The smallest absolute Gasteiger partial charge is 0.244 e. The Morgan fingerprint density at radius 1 is 1.03 bits per heavy atom. The van der Waals surface area contributed by atoms with Gasteiger partial charge in [-0.3, -0.25) is 13.9 Å². The number of carbonyl (C=O) groups is 2. The Balaban J connectivity index is 1.92. The third-order valence-corrected chi connectivity index (χ3v) is 8.56. The zero-order valence-corrected chi connectivity index (χ0v) is 23.9. The SMILES string of the molecule is CCC(C(=O)NC1CCCCC1)N(Cc1ccc(C)cc1)C(=O)CN(c1ccc(Cl)c(Cl)c1)S(C)(=O)=O. The molecule has 10 heteroatoms. The quantitative estimate of drug-likeness (QED) is 0.420. The van der Waals surface area contributed by atoms with Crippen LogP contribution in [0, 0.1) is 6.92 Å². The van der Waals surface area contributed by atoms with Crippen LogP contribution in [0.3, 0.4) is 0 Å². The lowest BCUT2D eigenvalue weighted by atomic mass is 9.95. The number of hydrogen-bond donors (Lipinski definition) is 1. The number of benzene rings is 2. The van der Waals surface area contributed by atoms with E-state index in [2.05, 4.69) is 5.32 Å². The Bertz CT molecular complexity index is 1200. The van der Waals surface area contributed by atoms with Gasteiger partial charge in [-0.25, -0.2) is 8.42 Å². The lowest BCUT2D eigenvalue weighted by molar-refractivity contribution is -0.140. The summed E-state index contributed by atoms with van der Waals surface area (Å²) in [5.74, 6) is -0.696. The van der Waals surface area contributed by atoms with Gasteiger partial charge in [-0.1, -0.05) is 79.2 Å². The lowest BCUT2D eigenvalue weighted by Crippen LogP contribution is -2.53. The molecule has 1 aliphatic carbocycles. The van der Waals surface area contributed by atoms with E-state index in [9.17, 15) is 18.0 Å². The van der Waals surface area contributed by atoms with Gasteiger partial charge in [0, 0.05) is 12.6 Å². The van der Waals surface area contributed by atoms with Gasteiger partial charge in [-0.05, 0) is 49.9 Å². The van der Waals surface area contributed by atoms with Crippen molar-refractivity contribution in [3.05, 3.63) is 63.6 Å². The summed E-state index contributed by atoms with van der Waals surface area (Å²) in [6.07, 6.45) is 6.57. The summed E-state index contributed by atoms with van der Waals surface area (Å²) >= 11 is 12.1. The molecule has 7 nitrogen and oxygen atoms in total. The van der Waals surface area contributed by atoms with Crippen molar-refractivity contribution in [3.8, 4) is 0 Å². The number of rotatable bonds is 10. The molecule has 0 radical (unpaired) electrons. The van der Waals surface area contributed by atoms with Crippen LogP contribution >= 0.6 is 23.2 Å². The van der Waals surface area contributed by atoms with E-state index in [1.807, 2.05) is 38.1 Å². The second-order valence-corrected chi connectivity index (χ2v) is 12.4. The highest BCUT2D eigenvalue weighted by atomic mass is 35.5. The number of hydrogen-bond acceptors (Lipinski definition) is 4. The van der Waals surface area contributed by atoms with Gasteiger partial charge in [-0.15, -0.1) is 0 Å². The third-order valence-electron chi connectivity index (χ3n) is 6.68. The van der Waals surface area contributed by atoms with Crippen molar-refractivity contribution in [3.63, 3.8) is 0 Å². The zero-order chi connectivity index (χ0) is 27.2. The maximum Gasteiger partial charge on any atom is 0.244 e. The van der Waals surface area contributed by atoms with Crippen molar-refractivity contribution in [2.45, 2.75) is 71.0 Å². The standard InChI is InChI=1S/C27H35Cl2N3O4S/c1-4-25(27(34)30-21-8-6-5-7-9-21)31(17-20-12-10-19(2)11-13-20)26(33)18-32(37(3,35)36)22-14-15-23(28)24(29)16-22/h10-16,21,25H,4-9,17-18H2,1-3H3,(H,30,34). The second-order valence-electron chi connectivity index (χ2n) is 9.64. The molecule has 2 aromatic carbocycles. The summed E-state index contributed by atoms with van der Waals surface area (Å²) < 4.78 is 26.4. The Labute approximate surface area is 230 Å². The van der Waals surface area contributed by atoms with Crippen LogP contribution in [0.1, 0.15) is 56.6 Å². The monoisotopic (exact) mass is 567 g/mol. The number of carbonyl (C=O) groups excluding carboxylic acids is 2. The van der Waals surface area contributed by atoms with Crippen LogP contribution in [0.5, 0.6) is 0 Å². The summed E-state index contributed by atoms with van der Waals surface area (Å²) in [6, 6.07) is 11.5. The third kappa shape index (κ3) is 8.09. The normalized spacial score (nSPS) is 15.2. The predicted molar refractivity (Wildman–Crippen MR) is 149 cm³/mol. The van der Waals surface area contributed by atoms with Crippen LogP contribution < -0.4 is 9.62 Å². The molecule has 202 valence electrons. The highest BCUT2D eigenvalue weighted by molar-refractivity contribution is 7.92. The molecule has 0 saturated heterocycles. The number of anilines is 1. The largest absolute Gasteiger partial charge is 0.352 e. The molecular formula is C27H35Cl2N3O4S. The van der Waals surface area contributed by atoms with Gasteiger partial charge in [0.15, 0.2) is 0 Å². The van der Waals surface area contributed by atoms with Crippen LogP contribution in [-0.2, 0) is 26.2 Å². The minimum atomic E-state index is -3.85. The van der Waals surface area contributed by atoms with Crippen LogP contribution in [0.15, 0.2) is 42.5 Å². The Morgan fingerprint density at radius 3 is 2.24 bits per heavy atom. The molecule has 1 fully saturated rings. The van der Waals surface area contributed by atoms with Crippen molar-refractivity contribution >= 4 is 50.7 Å². The van der Waals surface area contributed by atoms with Gasteiger partial charge in [-0.2, -0.15) is 0 Å². The van der Waals surface area contributed by atoms with Crippen LogP contribution in [0.2, 0.25) is 10.0 Å². The van der Waals surface area contributed by atoms with Crippen LogP contribution in [-0.4, -0.2) is 50.0 Å². The van der Waals surface area contributed by atoms with Gasteiger partial charge >= 0.3 is 0 Å². The molecule has 2 amide bonds. The minimum absolute atomic E-state index is 0.0929. The molecule has 3 rings (SSSR count). The van der Waals surface area contributed by atoms with E-state index < -0.39 is 28.5 Å². The molecule has 1 atom stereocenters. The molecule has 0 heterocycles. The van der Waals surface area contributed by atoms with E-state index in [1.54, 1.807) is 0 Å². The highest BCUT2D eigenvalue weighted by Gasteiger charge is 2.33. The number of nitrogens with one attached hydrogen (secondary N) is 1. The van der Waals surface area contributed by atoms with E-state index in [0.29, 0.717) is 6.42 Å². The second kappa shape index (κ2) is 13.0. The van der Waals surface area contributed by atoms with Gasteiger partial charge in [0.2, 0.25) is 21.8 Å². The van der Waals surface area contributed by atoms with E-state index in [0.717, 1.165) is 53.8 Å². The first-order valence-corrected chi connectivity index (χ1v) is 15.2. The molecule has 2 aromatic rings. The average molecular weight is 569 g/mol. The number of sulfonamides is 1. The molecule has 37 heavy (non-hydrogen) atoms. The molecule has 1 N–H and O–H groups in total. The van der Waals surface area contributed by atoms with Crippen molar-refractivity contribution in [1.29, 1.82) is 0 Å². The molecule has 1 aliphatic rings. The number of aryl methyl sites for hydroxylation is 1. The fourth-order valence-corrected chi connectivity index (χ4v) is 5.74. The Kier molecular flexibility index (Phi) is 10.3. The molecule has 0 bridgehead atoms. The van der Waals surface area contributed by atoms with Crippen molar-refractivity contribution in [2.24, 2.45) is 0 Å². The molecular weight excluding hydrogens is 533 g/mol. The first-order chi connectivity index (χ1) is 17.5. The van der Waals surface area contributed by atoms with Gasteiger partial charge in [0.05, 0.1) is 22.0 Å². The van der Waals surface area contributed by atoms with Crippen molar-refractivity contribution in [2.75, 3.05) is 17.1 Å². The number of amides is 2. The van der Waals surface area contributed by atoms with E-state index in [-0.39, 0.29) is 34.2 Å².